The number of hydrogen-bond donors (Lipinski definition) is 1. The average Bonchev–Trinajstić information content (AvgIpc) is 2.09. The van der Waals surface area contributed by atoms with Crippen LogP contribution >= 0.6 is 47.8 Å². The molecule has 0 aromatic heterocycles. The third-order valence-corrected chi connectivity index (χ3v) is 3.24. The topological polar surface area (TPSA) is 58.4 Å². The zero-order valence-corrected chi connectivity index (χ0v) is 12.3. The molecule has 0 radical (unpaired) electrons. The third kappa shape index (κ3) is 2.90. The predicted octanol–water partition coefficient (Wildman–Crippen LogP) is 3.11. The van der Waals surface area contributed by atoms with Crippen LogP contribution in [0.4, 0.5) is 5.69 Å². The van der Waals surface area contributed by atoms with E-state index in [9.17, 15) is 10.1 Å². The molecule has 1 rings (SSSR count). The van der Waals surface area contributed by atoms with Gasteiger partial charge in [-0.15, -0.1) is 0 Å². The van der Waals surface area contributed by atoms with Crippen LogP contribution in [0.15, 0.2) is 25.6 Å². The fourth-order valence-electron chi connectivity index (χ4n) is 1.01. The summed E-state index contributed by atoms with van der Waals surface area (Å²) < 4.78 is 2.04. The number of benzene rings is 1. The molecule has 0 amide bonds. The maximum absolute atomic E-state index is 10.7. The molecule has 0 bridgehead atoms. The number of anilines is 1. The normalized spacial score (nSPS) is 10.1. The molecule has 5 nitrogen and oxygen atoms in total. The second-order valence-corrected chi connectivity index (χ2v) is 5.12. The number of rotatable bonds is 3. The fourth-order valence-corrected chi connectivity index (χ4v) is 3.61. The first-order chi connectivity index (χ1) is 6.97. The lowest BCUT2D eigenvalue weighted by Gasteiger charge is -2.15. The first-order valence-electron chi connectivity index (χ1n) is 3.73. The van der Waals surface area contributed by atoms with Crippen molar-refractivity contribution >= 4 is 53.5 Å². The summed E-state index contributed by atoms with van der Waals surface area (Å²) in [5.41, 5.74) is 2.89. The molecule has 1 aromatic carbocycles. The Morgan fingerprint density at radius 2 is 1.80 bits per heavy atom. The van der Waals surface area contributed by atoms with Crippen LogP contribution in [0.2, 0.25) is 0 Å². The summed E-state index contributed by atoms with van der Waals surface area (Å²) >= 11 is 9.81. The Kier molecular flexibility index (Phi) is 4.50. The van der Waals surface area contributed by atoms with E-state index in [-0.39, 0.29) is 0 Å². The Bertz CT molecular complexity index is 376. The van der Waals surface area contributed by atoms with Crippen LogP contribution in [0, 0.1) is 10.1 Å². The van der Waals surface area contributed by atoms with Crippen LogP contribution in [0.3, 0.4) is 0 Å². The van der Waals surface area contributed by atoms with Crippen LogP contribution in [-0.4, -0.2) is 12.1 Å². The lowest BCUT2D eigenvalue weighted by molar-refractivity contribution is -0.503. The molecule has 8 heteroatoms. The lowest BCUT2D eigenvalue weighted by Crippen LogP contribution is -2.40. The quantitative estimate of drug-likeness (QED) is 0.622. The number of hydrogen-bond acceptors (Lipinski definition) is 3. The molecule has 0 saturated heterocycles. The van der Waals surface area contributed by atoms with Gasteiger partial charge in [-0.05, 0) is 49.1 Å². The van der Waals surface area contributed by atoms with Crippen LogP contribution in [0.25, 0.3) is 0 Å². The van der Waals surface area contributed by atoms with E-state index in [0.29, 0.717) is 14.6 Å². The van der Waals surface area contributed by atoms with Crippen LogP contribution in [0.1, 0.15) is 0 Å². The van der Waals surface area contributed by atoms with E-state index >= 15 is 0 Å². The van der Waals surface area contributed by atoms with Gasteiger partial charge < -0.3 is 0 Å². The second kappa shape index (κ2) is 5.24. The molecule has 1 N–H and O–H groups in total. The molecule has 0 aliphatic heterocycles. The van der Waals surface area contributed by atoms with E-state index < -0.39 is 5.03 Å². The third-order valence-electron chi connectivity index (χ3n) is 1.57. The number of nitrogens with one attached hydrogen (secondary N) is 1. The molecule has 0 aliphatic carbocycles. The van der Waals surface area contributed by atoms with Crippen molar-refractivity contribution in [1.29, 1.82) is 0 Å². The van der Waals surface area contributed by atoms with Crippen LogP contribution in [-0.2, 0) is 0 Å². The number of halogens is 3. The molecule has 0 fully saturated rings. The van der Waals surface area contributed by atoms with E-state index in [0.717, 1.165) is 9.59 Å². The summed E-state index contributed by atoms with van der Waals surface area (Å²) in [6.07, 6.45) is 0. The van der Waals surface area contributed by atoms with Crippen molar-refractivity contribution in [3.8, 4) is 0 Å². The second-order valence-electron chi connectivity index (χ2n) is 2.49. The van der Waals surface area contributed by atoms with Gasteiger partial charge in [0, 0.05) is 11.5 Å². The van der Waals surface area contributed by atoms with Gasteiger partial charge in [-0.25, -0.2) is 10.1 Å². The summed E-state index contributed by atoms with van der Waals surface area (Å²) in [6.45, 7) is 0. The summed E-state index contributed by atoms with van der Waals surface area (Å²) in [4.78, 5) is 10.7. The molecule has 15 heavy (non-hydrogen) atoms. The molecule has 0 heterocycles. The largest absolute Gasteiger partial charge is 0.233 e. The molecule has 0 atom stereocenters. The van der Waals surface area contributed by atoms with Crippen molar-refractivity contribution in [3.63, 3.8) is 0 Å². The maximum atomic E-state index is 10.7. The van der Waals surface area contributed by atoms with Gasteiger partial charge in [0.1, 0.15) is 0 Å². The Hall–Kier alpha value is -0.180. The zero-order chi connectivity index (χ0) is 11.6. The van der Waals surface area contributed by atoms with Crippen molar-refractivity contribution in [2.75, 3.05) is 12.2 Å². The predicted molar refractivity (Wildman–Crippen MR) is 68.1 cm³/mol. The zero-order valence-electron chi connectivity index (χ0n) is 7.50. The monoisotopic (exact) mass is 401 g/mol. The Morgan fingerprint density at radius 1 is 1.33 bits per heavy atom. The van der Waals surface area contributed by atoms with Crippen molar-refractivity contribution in [3.05, 3.63) is 35.7 Å². The highest BCUT2D eigenvalue weighted by Crippen LogP contribution is 2.36. The van der Waals surface area contributed by atoms with E-state index in [1.54, 1.807) is 12.1 Å². The highest BCUT2D eigenvalue weighted by molar-refractivity contribution is 9.11. The molecule has 82 valence electrons. The smallest absolute Gasteiger partial charge is 0.181 e. The molecule has 0 unspecified atom stereocenters. The summed E-state index contributed by atoms with van der Waals surface area (Å²) in [5, 5.41) is 11.0. The van der Waals surface area contributed by atoms with Gasteiger partial charge >= 0.3 is 0 Å². The van der Waals surface area contributed by atoms with Crippen molar-refractivity contribution < 1.29 is 5.03 Å². The average molecular weight is 404 g/mol. The van der Waals surface area contributed by atoms with E-state index in [4.69, 9.17) is 0 Å². The summed E-state index contributed by atoms with van der Waals surface area (Å²) in [7, 11) is 1.48. The molecule has 0 saturated carbocycles. The van der Waals surface area contributed by atoms with Gasteiger partial charge in [0.2, 0.25) is 0 Å². The van der Waals surface area contributed by atoms with Gasteiger partial charge in [-0.2, -0.15) is 5.43 Å². The standard InChI is InChI=1S/C7H6Br3N3O2/c1-11-12(13(14)15)7-5(9)2-4(8)3-6(7)10/h2-3,11H,1H3. The van der Waals surface area contributed by atoms with E-state index in [1.807, 2.05) is 0 Å². The number of hydrazine groups is 2. The van der Waals surface area contributed by atoms with Gasteiger partial charge in [0.15, 0.2) is 10.7 Å². The van der Waals surface area contributed by atoms with Gasteiger partial charge in [0.25, 0.3) is 0 Å². The first-order valence-corrected chi connectivity index (χ1v) is 6.11. The van der Waals surface area contributed by atoms with Crippen molar-refractivity contribution in [1.82, 2.24) is 5.43 Å². The number of nitro groups is 1. The number of nitrogens with zero attached hydrogens (tertiary/aromatic N) is 2. The highest BCUT2D eigenvalue weighted by atomic mass is 79.9. The van der Waals surface area contributed by atoms with E-state index in [2.05, 4.69) is 53.2 Å². The highest BCUT2D eigenvalue weighted by Gasteiger charge is 2.22. The minimum absolute atomic E-state index is 0.408. The van der Waals surface area contributed by atoms with E-state index in [1.165, 1.54) is 7.05 Å². The molecular formula is C7H6Br3N3O2. The summed E-state index contributed by atoms with van der Waals surface area (Å²) in [6, 6.07) is 3.46. The Labute approximate surface area is 111 Å². The van der Waals surface area contributed by atoms with Crippen molar-refractivity contribution in [2.45, 2.75) is 0 Å². The van der Waals surface area contributed by atoms with Gasteiger partial charge in [-0.1, -0.05) is 15.9 Å². The molecule has 0 aliphatic rings. The minimum Gasteiger partial charge on any atom is -0.233 e. The maximum Gasteiger partial charge on any atom is 0.181 e. The van der Waals surface area contributed by atoms with Gasteiger partial charge in [-0.3, -0.25) is 0 Å². The van der Waals surface area contributed by atoms with Gasteiger partial charge in [0.05, 0.1) is 8.95 Å². The Balaban J connectivity index is 3.29. The summed E-state index contributed by atoms with van der Waals surface area (Å²) in [5.74, 6) is 0. The minimum atomic E-state index is -0.543. The fraction of sp³-hybridized carbons (Fsp3) is 0.143. The first kappa shape index (κ1) is 12.9. The lowest BCUT2D eigenvalue weighted by atomic mass is 10.3. The molecule has 1 aromatic rings. The Morgan fingerprint density at radius 3 is 2.13 bits per heavy atom. The molecule has 0 spiro atoms. The SMILES string of the molecule is CNN(c1c(Br)cc(Br)cc1Br)[N+](=O)[O-]. The van der Waals surface area contributed by atoms with Crippen LogP contribution in [0.5, 0.6) is 0 Å². The van der Waals surface area contributed by atoms with Crippen molar-refractivity contribution in [2.24, 2.45) is 0 Å². The molecular weight excluding hydrogens is 398 g/mol. The van der Waals surface area contributed by atoms with Crippen LogP contribution < -0.4 is 10.5 Å².